The molecule has 1 amide bonds. The molecule has 0 bridgehead atoms. The van der Waals surface area contributed by atoms with E-state index < -0.39 is 26.8 Å². The quantitative estimate of drug-likeness (QED) is 0.514. The smallest absolute Gasteiger partial charge is 0.410 e. The number of hydrogen-bond donors (Lipinski definition) is 0. The van der Waals surface area contributed by atoms with E-state index >= 15 is 0 Å². The molecule has 194 valence electrons. The Hall–Kier alpha value is -2.87. The van der Waals surface area contributed by atoms with Gasteiger partial charge in [-0.15, -0.1) is 0 Å². The van der Waals surface area contributed by atoms with E-state index in [1.807, 2.05) is 31.2 Å². The molecular formula is C28H36N2O5S. The Morgan fingerprint density at radius 1 is 1.06 bits per heavy atom. The molecule has 7 nitrogen and oxygen atoms in total. The largest absolute Gasteiger partial charge is 0.481 e. The molecule has 0 N–H and O–H groups in total. The van der Waals surface area contributed by atoms with Crippen molar-refractivity contribution in [3.63, 3.8) is 0 Å². The Morgan fingerprint density at radius 3 is 2.28 bits per heavy atom. The van der Waals surface area contributed by atoms with Crippen LogP contribution in [0.25, 0.3) is 5.57 Å². The van der Waals surface area contributed by atoms with Crippen LogP contribution in [0.5, 0.6) is 5.88 Å². The number of rotatable bonds is 6. The van der Waals surface area contributed by atoms with E-state index in [1.165, 1.54) is 17.7 Å². The van der Waals surface area contributed by atoms with Crippen LogP contribution in [0.2, 0.25) is 0 Å². The first-order valence-electron chi connectivity index (χ1n) is 12.5. The van der Waals surface area contributed by atoms with Gasteiger partial charge in [-0.2, -0.15) is 0 Å². The summed E-state index contributed by atoms with van der Waals surface area (Å²) in [6.07, 6.45) is 6.53. The zero-order chi connectivity index (χ0) is 26.1. The molecule has 36 heavy (non-hydrogen) atoms. The number of benzene rings is 1. The van der Waals surface area contributed by atoms with E-state index in [4.69, 9.17) is 14.5 Å². The fraction of sp³-hybridized carbons (Fsp3) is 0.500. The van der Waals surface area contributed by atoms with Crippen molar-refractivity contribution < 1.29 is 22.7 Å². The van der Waals surface area contributed by atoms with E-state index in [1.54, 1.807) is 40.0 Å². The molecule has 1 saturated carbocycles. The molecule has 2 aromatic rings. The molecular weight excluding hydrogens is 476 g/mol. The highest BCUT2D eigenvalue weighted by atomic mass is 32.2. The van der Waals surface area contributed by atoms with Gasteiger partial charge in [-0.1, -0.05) is 37.1 Å². The lowest BCUT2D eigenvalue weighted by molar-refractivity contribution is 0.0139. The summed E-state index contributed by atoms with van der Waals surface area (Å²) in [7, 11) is -1.95. The number of aryl methyl sites for hydroxylation is 1. The van der Waals surface area contributed by atoms with Crippen molar-refractivity contribution in [3.05, 3.63) is 59.3 Å². The van der Waals surface area contributed by atoms with E-state index in [0.29, 0.717) is 11.8 Å². The Bertz CT molecular complexity index is 1230. The van der Waals surface area contributed by atoms with Gasteiger partial charge < -0.3 is 14.4 Å². The number of likely N-dealkylation sites (tertiary alicyclic amines) is 1. The summed E-state index contributed by atoms with van der Waals surface area (Å²) in [5.41, 5.74) is 3.07. The fourth-order valence-corrected chi connectivity index (χ4v) is 6.34. The Kier molecular flexibility index (Phi) is 7.46. The number of ether oxygens (including phenoxy) is 2. The van der Waals surface area contributed by atoms with Gasteiger partial charge in [0, 0.05) is 24.2 Å². The standard InChI is InChI=1S/C28H36N2O5S/c1-19-10-15-25(29-26(19)34-5)24(16-20-8-6-7-9-20)21-11-13-22(14-12-21)36(32,33)23-17-30(18-23)27(31)35-28(2,3)4/h10-16,20,23H,6-9,17-18H2,1-5H3/b24-16+. The first-order valence-corrected chi connectivity index (χ1v) is 14.1. The third-order valence-electron chi connectivity index (χ3n) is 6.75. The first-order chi connectivity index (χ1) is 17.0. The molecule has 2 aliphatic rings. The van der Waals surface area contributed by atoms with Crippen LogP contribution in [0.3, 0.4) is 0 Å². The summed E-state index contributed by atoms with van der Waals surface area (Å²) in [6.45, 7) is 7.60. The maximum atomic E-state index is 13.2. The van der Waals surface area contributed by atoms with Crippen LogP contribution < -0.4 is 4.74 Å². The zero-order valence-electron chi connectivity index (χ0n) is 21.8. The van der Waals surface area contributed by atoms with Gasteiger partial charge in [-0.05, 0) is 70.2 Å². The van der Waals surface area contributed by atoms with Gasteiger partial charge in [0.15, 0.2) is 9.84 Å². The first kappa shape index (κ1) is 26.2. The molecule has 0 spiro atoms. The highest BCUT2D eigenvalue weighted by Gasteiger charge is 2.42. The van der Waals surface area contributed by atoms with Gasteiger partial charge in [0.05, 0.1) is 17.7 Å². The molecule has 1 aromatic heterocycles. The van der Waals surface area contributed by atoms with Crippen LogP contribution in [-0.4, -0.2) is 55.4 Å². The number of sulfone groups is 1. The summed E-state index contributed by atoms with van der Waals surface area (Å²) < 4.78 is 37.2. The minimum atomic E-state index is -3.56. The predicted molar refractivity (Wildman–Crippen MR) is 140 cm³/mol. The minimum Gasteiger partial charge on any atom is -0.481 e. The van der Waals surface area contributed by atoms with Gasteiger partial charge in [0.2, 0.25) is 5.88 Å². The topological polar surface area (TPSA) is 85.8 Å². The van der Waals surface area contributed by atoms with Crippen LogP contribution in [0.15, 0.2) is 47.4 Å². The number of carbonyl (C=O) groups excluding carboxylic acids is 1. The average Bonchev–Trinajstić information content (AvgIpc) is 3.29. The van der Waals surface area contributed by atoms with Crippen molar-refractivity contribution >= 4 is 21.5 Å². The lowest BCUT2D eigenvalue weighted by Crippen LogP contribution is -2.57. The summed E-state index contributed by atoms with van der Waals surface area (Å²) in [4.78, 5) is 18.6. The van der Waals surface area contributed by atoms with Crippen molar-refractivity contribution in [1.29, 1.82) is 0 Å². The van der Waals surface area contributed by atoms with E-state index in [2.05, 4.69) is 6.08 Å². The summed E-state index contributed by atoms with van der Waals surface area (Å²) in [5.74, 6) is 1.06. The summed E-state index contributed by atoms with van der Waals surface area (Å²) in [5, 5.41) is -0.632. The minimum absolute atomic E-state index is 0.138. The van der Waals surface area contributed by atoms with E-state index in [9.17, 15) is 13.2 Å². The van der Waals surface area contributed by atoms with E-state index in [0.717, 1.165) is 35.2 Å². The number of pyridine rings is 1. The second kappa shape index (κ2) is 10.2. The number of aromatic nitrogens is 1. The maximum Gasteiger partial charge on any atom is 0.410 e. The number of nitrogens with zero attached hydrogens (tertiary/aromatic N) is 2. The summed E-state index contributed by atoms with van der Waals surface area (Å²) >= 11 is 0. The maximum absolute atomic E-state index is 13.2. The molecule has 0 radical (unpaired) electrons. The lowest BCUT2D eigenvalue weighted by atomic mass is 9.96. The number of methoxy groups -OCH3 is 1. The van der Waals surface area contributed by atoms with Crippen LogP contribution >= 0.6 is 0 Å². The Balaban J connectivity index is 1.55. The molecule has 1 aromatic carbocycles. The number of carbonyl (C=O) groups is 1. The van der Waals surface area contributed by atoms with Gasteiger partial charge in [0.1, 0.15) is 10.9 Å². The van der Waals surface area contributed by atoms with Gasteiger partial charge in [0.25, 0.3) is 0 Å². The second-order valence-electron chi connectivity index (χ2n) is 10.7. The number of amides is 1. The van der Waals surface area contributed by atoms with Gasteiger partial charge in [-0.25, -0.2) is 18.2 Å². The molecule has 1 aliphatic heterocycles. The van der Waals surface area contributed by atoms with Gasteiger partial charge in [-0.3, -0.25) is 0 Å². The predicted octanol–water partition coefficient (Wildman–Crippen LogP) is 5.41. The van der Waals surface area contributed by atoms with Crippen molar-refractivity contribution in [2.75, 3.05) is 20.2 Å². The highest BCUT2D eigenvalue weighted by Crippen LogP contribution is 2.34. The van der Waals surface area contributed by atoms with Crippen LogP contribution in [0.1, 0.15) is 63.3 Å². The van der Waals surface area contributed by atoms with Crippen molar-refractivity contribution in [2.45, 2.75) is 69.1 Å². The second-order valence-corrected chi connectivity index (χ2v) is 13.0. The van der Waals surface area contributed by atoms with Crippen molar-refractivity contribution in [3.8, 4) is 5.88 Å². The molecule has 0 atom stereocenters. The lowest BCUT2D eigenvalue weighted by Gasteiger charge is -2.39. The Labute approximate surface area is 214 Å². The number of hydrogen-bond acceptors (Lipinski definition) is 6. The SMILES string of the molecule is COc1nc(/C(=C/C2CCCC2)c2ccc(S(=O)(=O)C3CN(C(=O)OC(C)(C)C)C3)cc2)ccc1C. The molecule has 0 unspecified atom stereocenters. The zero-order valence-corrected chi connectivity index (χ0v) is 22.6. The Morgan fingerprint density at radius 2 is 1.69 bits per heavy atom. The van der Waals surface area contributed by atoms with Crippen LogP contribution in [0.4, 0.5) is 4.79 Å². The fourth-order valence-electron chi connectivity index (χ4n) is 4.68. The average molecular weight is 513 g/mol. The van der Waals surface area contributed by atoms with Crippen molar-refractivity contribution in [1.82, 2.24) is 9.88 Å². The van der Waals surface area contributed by atoms with Gasteiger partial charge >= 0.3 is 6.09 Å². The molecule has 1 aliphatic carbocycles. The third kappa shape index (κ3) is 5.75. The molecule has 1 saturated heterocycles. The van der Waals surface area contributed by atoms with Crippen LogP contribution in [-0.2, 0) is 14.6 Å². The number of allylic oxidation sites excluding steroid dienone is 1. The molecule has 4 rings (SSSR count). The monoisotopic (exact) mass is 512 g/mol. The molecule has 8 heteroatoms. The molecule has 2 fully saturated rings. The molecule has 2 heterocycles. The van der Waals surface area contributed by atoms with E-state index in [-0.39, 0.29) is 18.0 Å². The third-order valence-corrected chi connectivity index (χ3v) is 8.86. The normalized spacial score (nSPS) is 17.7. The summed E-state index contributed by atoms with van der Waals surface area (Å²) in [6, 6.07) is 11.0. The van der Waals surface area contributed by atoms with Crippen LogP contribution in [0, 0.1) is 12.8 Å². The van der Waals surface area contributed by atoms with Crippen molar-refractivity contribution in [2.24, 2.45) is 5.92 Å². The highest BCUT2D eigenvalue weighted by molar-refractivity contribution is 7.92.